The lowest BCUT2D eigenvalue weighted by molar-refractivity contribution is 0.0745. The summed E-state index contributed by atoms with van der Waals surface area (Å²) in [4.78, 5) is 18.4. The van der Waals surface area contributed by atoms with Crippen LogP contribution in [0.15, 0.2) is 54.7 Å². The number of aromatic nitrogens is 3. The minimum atomic E-state index is -0.146. The standard InChI is InChI=1S/C23H22N4O2/c1-14-20-21(26-25-14)23(28)27(22(20)15-7-9-17(29-2)10-8-15)12-11-16-13-24-19-6-4-3-5-18(16)19/h3-10,13,22,24H,11-12H2,1-2H3,(H,25,26). The number of rotatable bonds is 5. The van der Waals surface area contributed by atoms with Crippen molar-refractivity contribution in [2.45, 2.75) is 19.4 Å². The minimum Gasteiger partial charge on any atom is -0.497 e. The van der Waals surface area contributed by atoms with Crippen molar-refractivity contribution < 1.29 is 9.53 Å². The summed E-state index contributed by atoms with van der Waals surface area (Å²) in [6, 6.07) is 16.0. The van der Waals surface area contributed by atoms with E-state index in [4.69, 9.17) is 4.74 Å². The van der Waals surface area contributed by atoms with Crippen molar-refractivity contribution >= 4 is 16.8 Å². The van der Waals surface area contributed by atoms with Crippen molar-refractivity contribution in [3.05, 3.63) is 82.8 Å². The van der Waals surface area contributed by atoms with E-state index in [9.17, 15) is 4.79 Å². The molecule has 2 N–H and O–H groups in total. The smallest absolute Gasteiger partial charge is 0.275 e. The number of nitrogens with zero attached hydrogens (tertiary/aromatic N) is 2. The Morgan fingerprint density at radius 1 is 1.14 bits per heavy atom. The van der Waals surface area contributed by atoms with Crippen LogP contribution in [-0.2, 0) is 6.42 Å². The lowest BCUT2D eigenvalue weighted by atomic mass is 9.99. The van der Waals surface area contributed by atoms with Crippen LogP contribution in [0.4, 0.5) is 0 Å². The molecular formula is C23H22N4O2. The summed E-state index contributed by atoms with van der Waals surface area (Å²) in [6.07, 6.45) is 2.81. The van der Waals surface area contributed by atoms with Gasteiger partial charge in [0.2, 0.25) is 0 Å². The van der Waals surface area contributed by atoms with Gasteiger partial charge in [0.1, 0.15) is 5.75 Å². The minimum absolute atomic E-state index is 0.0231. The fourth-order valence-corrected chi connectivity index (χ4v) is 4.29. The lowest BCUT2D eigenvalue weighted by Crippen LogP contribution is -2.31. The van der Waals surface area contributed by atoms with E-state index in [-0.39, 0.29) is 11.9 Å². The number of amides is 1. The molecule has 1 amide bonds. The van der Waals surface area contributed by atoms with Crippen molar-refractivity contribution in [1.82, 2.24) is 20.1 Å². The van der Waals surface area contributed by atoms with Crippen LogP contribution in [0.2, 0.25) is 0 Å². The zero-order valence-electron chi connectivity index (χ0n) is 16.4. The number of benzene rings is 2. The average molecular weight is 386 g/mol. The van der Waals surface area contributed by atoms with E-state index in [1.54, 1.807) is 7.11 Å². The predicted octanol–water partition coefficient (Wildman–Crippen LogP) is 4.00. The first-order valence-electron chi connectivity index (χ1n) is 9.72. The molecule has 2 aromatic carbocycles. The zero-order chi connectivity index (χ0) is 20.0. The van der Waals surface area contributed by atoms with Gasteiger partial charge in [-0.2, -0.15) is 5.10 Å². The third kappa shape index (κ3) is 2.79. The van der Waals surface area contributed by atoms with Crippen LogP contribution >= 0.6 is 0 Å². The number of H-pyrrole nitrogens is 2. The molecule has 0 saturated carbocycles. The largest absolute Gasteiger partial charge is 0.497 e. The third-order valence-electron chi connectivity index (χ3n) is 5.77. The molecule has 6 heteroatoms. The molecule has 0 radical (unpaired) electrons. The molecule has 4 aromatic rings. The maximum Gasteiger partial charge on any atom is 0.275 e. The molecule has 1 unspecified atom stereocenters. The number of hydrogen-bond donors (Lipinski definition) is 2. The Bertz CT molecular complexity index is 1190. The summed E-state index contributed by atoms with van der Waals surface area (Å²) in [5.41, 5.74) is 5.82. The van der Waals surface area contributed by atoms with Crippen molar-refractivity contribution in [1.29, 1.82) is 0 Å². The van der Waals surface area contributed by atoms with E-state index in [0.29, 0.717) is 12.2 Å². The second-order valence-electron chi connectivity index (χ2n) is 7.39. The van der Waals surface area contributed by atoms with Crippen LogP contribution in [0.5, 0.6) is 5.75 Å². The number of hydrogen-bond acceptors (Lipinski definition) is 3. The molecule has 0 spiro atoms. The first kappa shape index (κ1) is 17.6. The summed E-state index contributed by atoms with van der Waals surface area (Å²) >= 11 is 0. The molecule has 5 rings (SSSR count). The zero-order valence-corrected chi connectivity index (χ0v) is 16.4. The number of aromatic amines is 2. The van der Waals surface area contributed by atoms with Crippen molar-refractivity contribution in [2.75, 3.05) is 13.7 Å². The average Bonchev–Trinajstić information content (AvgIpc) is 3.41. The highest BCUT2D eigenvalue weighted by atomic mass is 16.5. The van der Waals surface area contributed by atoms with Crippen LogP contribution < -0.4 is 4.74 Å². The second-order valence-corrected chi connectivity index (χ2v) is 7.39. The first-order valence-corrected chi connectivity index (χ1v) is 9.72. The Morgan fingerprint density at radius 2 is 1.93 bits per heavy atom. The molecule has 0 saturated heterocycles. The van der Waals surface area contributed by atoms with Crippen molar-refractivity contribution in [3.63, 3.8) is 0 Å². The van der Waals surface area contributed by atoms with Crippen LogP contribution in [-0.4, -0.2) is 39.6 Å². The van der Waals surface area contributed by atoms with E-state index in [0.717, 1.165) is 34.5 Å². The summed E-state index contributed by atoms with van der Waals surface area (Å²) in [7, 11) is 1.65. The molecule has 3 heterocycles. The van der Waals surface area contributed by atoms with Crippen LogP contribution in [0, 0.1) is 6.92 Å². The van der Waals surface area contributed by atoms with Crippen molar-refractivity contribution in [2.24, 2.45) is 0 Å². The molecule has 2 aromatic heterocycles. The summed E-state index contributed by atoms with van der Waals surface area (Å²) in [6.45, 7) is 2.59. The van der Waals surface area contributed by atoms with E-state index in [2.05, 4.69) is 27.3 Å². The molecule has 6 nitrogen and oxygen atoms in total. The van der Waals surface area contributed by atoms with Gasteiger partial charge in [0.05, 0.1) is 13.2 Å². The molecular weight excluding hydrogens is 364 g/mol. The summed E-state index contributed by atoms with van der Waals surface area (Å²) in [5.74, 6) is 0.776. The number of ether oxygens (including phenoxy) is 1. The summed E-state index contributed by atoms with van der Waals surface area (Å²) in [5, 5.41) is 8.47. The maximum absolute atomic E-state index is 13.2. The molecule has 29 heavy (non-hydrogen) atoms. The molecule has 146 valence electrons. The highest BCUT2D eigenvalue weighted by Crippen LogP contribution is 2.39. The number of aryl methyl sites for hydroxylation is 1. The molecule has 0 aliphatic carbocycles. The topological polar surface area (TPSA) is 74.0 Å². The van der Waals surface area contributed by atoms with Gasteiger partial charge in [0.25, 0.3) is 5.91 Å². The predicted molar refractivity (Wildman–Crippen MR) is 111 cm³/mol. The molecule has 1 atom stereocenters. The van der Waals surface area contributed by atoms with Crippen LogP contribution in [0.1, 0.15) is 38.9 Å². The first-order chi connectivity index (χ1) is 14.2. The quantitative estimate of drug-likeness (QED) is 0.545. The number of fused-ring (bicyclic) bond motifs is 2. The fraction of sp³-hybridized carbons (Fsp3) is 0.217. The van der Waals surface area contributed by atoms with E-state index in [1.807, 2.05) is 54.4 Å². The number of methoxy groups -OCH3 is 1. The maximum atomic E-state index is 13.2. The second kappa shape index (κ2) is 6.81. The SMILES string of the molecule is COc1ccc(C2c3c(n[nH]c3C)C(=O)N2CCc2c[nH]c3ccccc23)cc1. The van der Waals surface area contributed by atoms with Gasteiger partial charge in [0.15, 0.2) is 5.69 Å². The Labute approximate surface area is 168 Å². The van der Waals surface area contributed by atoms with Crippen molar-refractivity contribution in [3.8, 4) is 5.75 Å². The fourth-order valence-electron chi connectivity index (χ4n) is 4.29. The highest BCUT2D eigenvalue weighted by molar-refractivity contribution is 5.98. The van der Waals surface area contributed by atoms with E-state index in [1.165, 1.54) is 10.9 Å². The van der Waals surface area contributed by atoms with Crippen LogP contribution in [0.25, 0.3) is 10.9 Å². The number of carbonyl (C=O) groups excluding carboxylic acids is 1. The number of carbonyl (C=O) groups is 1. The van der Waals surface area contributed by atoms with Gasteiger partial charge in [-0.3, -0.25) is 9.89 Å². The number of para-hydroxylation sites is 1. The highest BCUT2D eigenvalue weighted by Gasteiger charge is 2.41. The molecule has 0 bridgehead atoms. The summed E-state index contributed by atoms with van der Waals surface area (Å²) < 4.78 is 5.29. The third-order valence-corrected chi connectivity index (χ3v) is 5.77. The van der Waals surface area contributed by atoms with Gasteiger partial charge in [-0.1, -0.05) is 30.3 Å². The Kier molecular flexibility index (Phi) is 4.12. The van der Waals surface area contributed by atoms with Gasteiger partial charge in [-0.25, -0.2) is 0 Å². The van der Waals surface area contributed by atoms with Gasteiger partial charge >= 0.3 is 0 Å². The number of nitrogens with one attached hydrogen (secondary N) is 2. The van der Waals surface area contributed by atoms with Crippen LogP contribution in [0.3, 0.4) is 0 Å². The molecule has 1 aliphatic heterocycles. The Balaban J connectivity index is 1.49. The normalized spacial score (nSPS) is 15.9. The van der Waals surface area contributed by atoms with Gasteiger partial charge < -0.3 is 14.6 Å². The molecule has 1 aliphatic rings. The Hall–Kier alpha value is -3.54. The van der Waals surface area contributed by atoms with E-state index >= 15 is 0 Å². The van der Waals surface area contributed by atoms with Gasteiger partial charge in [-0.05, 0) is 42.7 Å². The Morgan fingerprint density at radius 3 is 2.72 bits per heavy atom. The van der Waals surface area contributed by atoms with E-state index < -0.39 is 0 Å². The monoisotopic (exact) mass is 386 g/mol. The lowest BCUT2D eigenvalue weighted by Gasteiger charge is -2.26. The molecule has 0 fully saturated rings. The van der Waals surface area contributed by atoms with Gasteiger partial charge in [-0.15, -0.1) is 0 Å². The van der Waals surface area contributed by atoms with Gasteiger partial charge in [0, 0.05) is 34.9 Å².